The first-order valence-electron chi connectivity index (χ1n) is 4.84. The van der Waals surface area contributed by atoms with E-state index in [4.69, 9.17) is 4.74 Å². The molecule has 0 radical (unpaired) electrons. The van der Waals surface area contributed by atoms with Crippen LogP contribution >= 0.6 is 0 Å². The molecule has 1 rings (SSSR count). The van der Waals surface area contributed by atoms with Gasteiger partial charge in [-0.25, -0.2) is 0 Å². The summed E-state index contributed by atoms with van der Waals surface area (Å²) in [6.45, 7) is 8.17. The van der Waals surface area contributed by atoms with Gasteiger partial charge in [0.05, 0.1) is 17.3 Å². The monoisotopic (exact) mass is 172 g/mol. The summed E-state index contributed by atoms with van der Waals surface area (Å²) in [6.07, 6.45) is 2.46. The van der Waals surface area contributed by atoms with Gasteiger partial charge in [0.15, 0.2) is 0 Å². The van der Waals surface area contributed by atoms with Crippen LogP contribution in [-0.2, 0) is 4.74 Å². The Kier molecular flexibility index (Phi) is 2.50. The van der Waals surface area contributed by atoms with E-state index in [-0.39, 0.29) is 17.3 Å². The molecule has 1 aliphatic heterocycles. The van der Waals surface area contributed by atoms with E-state index in [0.717, 1.165) is 19.3 Å². The molecule has 1 N–H and O–H groups in total. The molecule has 1 unspecified atom stereocenters. The van der Waals surface area contributed by atoms with Crippen molar-refractivity contribution in [1.82, 2.24) is 0 Å². The number of ether oxygens (including phenoxy) is 1. The second-order valence-electron chi connectivity index (χ2n) is 4.32. The standard InChI is InChI=1S/C10H20O2/c1-5-10(6-2)7-8(11)9(3,4)12-10/h8,11H,5-7H2,1-4H3. The van der Waals surface area contributed by atoms with Crippen LogP contribution in [0.4, 0.5) is 0 Å². The van der Waals surface area contributed by atoms with Gasteiger partial charge in [-0.05, 0) is 26.7 Å². The molecule has 0 bridgehead atoms. The Morgan fingerprint density at radius 3 is 2.00 bits per heavy atom. The highest BCUT2D eigenvalue weighted by Crippen LogP contribution is 2.41. The summed E-state index contributed by atoms with van der Waals surface area (Å²) in [5, 5.41) is 9.73. The first kappa shape index (κ1) is 10.0. The van der Waals surface area contributed by atoms with Crippen molar-refractivity contribution in [3.63, 3.8) is 0 Å². The second-order valence-corrected chi connectivity index (χ2v) is 4.32. The fraction of sp³-hybridized carbons (Fsp3) is 1.00. The van der Waals surface area contributed by atoms with Gasteiger partial charge in [-0.15, -0.1) is 0 Å². The van der Waals surface area contributed by atoms with E-state index in [0.29, 0.717) is 0 Å². The first-order chi connectivity index (χ1) is 5.46. The van der Waals surface area contributed by atoms with Gasteiger partial charge in [0.25, 0.3) is 0 Å². The van der Waals surface area contributed by atoms with Crippen molar-refractivity contribution in [2.75, 3.05) is 0 Å². The van der Waals surface area contributed by atoms with E-state index in [1.807, 2.05) is 13.8 Å². The molecule has 12 heavy (non-hydrogen) atoms. The minimum Gasteiger partial charge on any atom is -0.390 e. The second kappa shape index (κ2) is 3.00. The molecule has 0 aromatic heterocycles. The fourth-order valence-corrected chi connectivity index (χ4v) is 1.95. The molecular weight excluding hydrogens is 152 g/mol. The van der Waals surface area contributed by atoms with Crippen molar-refractivity contribution in [3.8, 4) is 0 Å². The molecule has 0 saturated carbocycles. The van der Waals surface area contributed by atoms with Gasteiger partial charge in [0, 0.05) is 6.42 Å². The molecule has 0 amide bonds. The Balaban J connectivity index is 2.75. The van der Waals surface area contributed by atoms with Gasteiger partial charge < -0.3 is 9.84 Å². The van der Waals surface area contributed by atoms with Gasteiger partial charge in [-0.1, -0.05) is 13.8 Å². The first-order valence-corrected chi connectivity index (χ1v) is 4.84. The zero-order chi connectivity index (χ0) is 9.41. The Hall–Kier alpha value is -0.0800. The van der Waals surface area contributed by atoms with Gasteiger partial charge in [0.2, 0.25) is 0 Å². The van der Waals surface area contributed by atoms with Crippen molar-refractivity contribution in [2.45, 2.75) is 64.3 Å². The molecule has 0 aromatic rings. The number of hydrogen-bond acceptors (Lipinski definition) is 2. The molecule has 1 saturated heterocycles. The summed E-state index contributed by atoms with van der Waals surface area (Å²) in [5.74, 6) is 0. The largest absolute Gasteiger partial charge is 0.390 e. The zero-order valence-electron chi connectivity index (χ0n) is 8.55. The zero-order valence-corrected chi connectivity index (χ0v) is 8.55. The molecule has 1 aliphatic rings. The third-order valence-corrected chi connectivity index (χ3v) is 3.14. The molecule has 2 heteroatoms. The topological polar surface area (TPSA) is 29.5 Å². The average Bonchev–Trinajstić information content (AvgIpc) is 2.24. The summed E-state index contributed by atoms with van der Waals surface area (Å²) in [4.78, 5) is 0. The summed E-state index contributed by atoms with van der Waals surface area (Å²) >= 11 is 0. The van der Waals surface area contributed by atoms with Crippen LogP contribution in [0, 0.1) is 0 Å². The van der Waals surface area contributed by atoms with Gasteiger partial charge in [-0.3, -0.25) is 0 Å². The maximum absolute atomic E-state index is 9.73. The number of rotatable bonds is 2. The normalized spacial score (nSPS) is 32.2. The van der Waals surface area contributed by atoms with Crippen LogP contribution in [0.1, 0.15) is 47.0 Å². The van der Waals surface area contributed by atoms with E-state index < -0.39 is 0 Å². The highest BCUT2D eigenvalue weighted by atomic mass is 16.5. The minimum atomic E-state index is -0.355. The summed E-state index contributed by atoms with van der Waals surface area (Å²) in [6, 6.07) is 0. The molecule has 72 valence electrons. The van der Waals surface area contributed by atoms with E-state index >= 15 is 0 Å². The maximum Gasteiger partial charge on any atom is 0.0892 e. The molecule has 1 heterocycles. The smallest absolute Gasteiger partial charge is 0.0892 e. The lowest BCUT2D eigenvalue weighted by molar-refractivity contribution is -0.107. The van der Waals surface area contributed by atoms with Crippen LogP contribution in [0.25, 0.3) is 0 Å². The van der Waals surface area contributed by atoms with Crippen LogP contribution in [0.5, 0.6) is 0 Å². The van der Waals surface area contributed by atoms with Crippen LogP contribution in [0.2, 0.25) is 0 Å². The maximum atomic E-state index is 9.73. The summed E-state index contributed by atoms with van der Waals surface area (Å²) in [7, 11) is 0. The third-order valence-electron chi connectivity index (χ3n) is 3.14. The van der Waals surface area contributed by atoms with Crippen molar-refractivity contribution in [1.29, 1.82) is 0 Å². The molecule has 0 spiro atoms. The van der Waals surface area contributed by atoms with Crippen LogP contribution in [0.3, 0.4) is 0 Å². The van der Waals surface area contributed by atoms with Gasteiger partial charge in [0.1, 0.15) is 0 Å². The predicted molar refractivity (Wildman–Crippen MR) is 49.1 cm³/mol. The molecule has 0 aromatic carbocycles. The molecular formula is C10H20O2. The highest BCUT2D eigenvalue weighted by Gasteiger charge is 2.48. The fourth-order valence-electron chi connectivity index (χ4n) is 1.95. The number of aliphatic hydroxyl groups excluding tert-OH is 1. The van der Waals surface area contributed by atoms with Crippen molar-refractivity contribution >= 4 is 0 Å². The Morgan fingerprint density at radius 2 is 1.83 bits per heavy atom. The summed E-state index contributed by atoms with van der Waals surface area (Å²) in [5.41, 5.74) is -0.422. The highest BCUT2D eigenvalue weighted by molar-refractivity contribution is 4.97. The molecule has 0 aliphatic carbocycles. The van der Waals surface area contributed by atoms with E-state index in [1.54, 1.807) is 0 Å². The summed E-state index contributed by atoms with van der Waals surface area (Å²) < 4.78 is 5.90. The molecule has 2 nitrogen and oxygen atoms in total. The predicted octanol–water partition coefficient (Wildman–Crippen LogP) is 2.10. The van der Waals surface area contributed by atoms with Gasteiger partial charge in [-0.2, -0.15) is 0 Å². The van der Waals surface area contributed by atoms with Crippen LogP contribution < -0.4 is 0 Å². The van der Waals surface area contributed by atoms with Crippen LogP contribution in [-0.4, -0.2) is 22.4 Å². The van der Waals surface area contributed by atoms with Gasteiger partial charge >= 0.3 is 0 Å². The Bertz CT molecular complexity index is 159. The number of aliphatic hydroxyl groups is 1. The van der Waals surface area contributed by atoms with Crippen molar-refractivity contribution < 1.29 is 9.84 Å². The Labute approximate surface area is 74.9 Å². The quantitative estimate of drug-likeness (QED) is 0.691. The van der Waals surface area contributed by atoms with E-state index in [2.05, 4.69) is 13.8 Å². The lowest BCUT2D eigenvalue weighted by atomic mass is 9.91. The van der Waals surface area contributed by atoms with Crippen molar-refractivity contribution in [2.24, 2.45) is 0 Å². The average molecular weight is 172 g/mol. The third kappa shape index (κ3) is 1.50. The SMILES string of the molecule is CCC1(CC)CC(O)C(C)(C)O1. The molecule has 1 fully saturated rings. The number of hydrogen-bond donors (Lipinski definition) is 1. The van der Waals surface area contributed by atoms with Crippen molar-refractivity contribution in [3.05, 3.63) is 0 Å². The minimum absolute atomic E-state index is 0.0666. The molecule has 1 atom stereocenters. The van der Waals surface area contributed by atoms with E-state index in [9.17, 15) is 5.11 Å². The lowest BCUT2D eigenvalue weighted by Gasteiger charge is -2.29. The van der Waals surface area contributed by atoms with Crippen LogP contribution in [0.15, 0.2) is 0 Å². The Morgan fingerprint density at radius 1 is 1.33 bits per heavy atom. The van der Waals surface area contributed by atoms with E-state index in [1.165, 1.54) is 0 Å². The lowest BCUT2D eigenvalue weighted by Crippen LogP contribution is -2.33.